The summed E-state index contributed by atoms with van der Waals surface area (Å²) < 4.78 is 17.5. The fourth-order valence-electron chi connectivity index (χ4n) is 4.24. The highest BCUT2D eigenvalue weighted by molar-refractivity contribution is 4.98. The fraction of sp³-hybridized carbons (Fsp3) is 1.00. The normalized spacial score (nSPS) is 37.8. The Morgan fingerprint density at radius 3 is 2.70 bits per heavy atom. The van der Waals surface area contributed by atoms with E-state index in [0.29, 0.717) is 12.0 Å². The zero-order valence-electron chi connectivity index (χ0n) is 13.0. The number of methoxy groups -OCH3 is 1. The standard InChI is InChI=1S/C16H29NO3/c1-17-14(11-15(18-2)5-3-6-15)13-4-8-20-16(10-13)7-9-19-12-16/h13-14,17H,3-12H2,1-2H3. The zero-order valence-corrected chi connectivity index (χ0v) is 13.0. The first-order valence-electron chi connectivity index (χ1n) is 8.15. The van der Waals surface area contributed by atoms with Crippen LogP contribution in [-0.4, -0.2) is 51.2 Å². The van der Waals surface area contributed by atoms with Crippen LogP contribution in [0.25, 0.3) is 0 Å². The van der Waals surface area contributed by atoms with E-state index in [1.54, 1.807) is 0 Å². The van der Waals surface area contributed by atoms with Crippen molar-refractivity contribution in [1.82, 2.24) is 5.32 Å². The summed E-state index contributed by atoms with van der Waals surface area (Å²) in [7, 11) is 3.97. The van der Waals surface area contributed by atoms with E-state index in [1.165, 1.54) is 19.3 Å². The van der Waals surface area contributed by atoms with Crippen molar-refractivity contribution in [3.8, 4) is 0 Å². The first-order valence-corrected chi connectivity index (χ1v) is 8.15. The van der Waals surface area contributed by atoms with Gasteiger partial charge in [-0.25, -0.2) is 0 Å². The van der Waals surface area contributed by atoms with Crippen LogP contribution in [0.4, 0.5) is 0 Å². The van der Waals surface area contributed by atoms with Crippen LogP contribution < -0.4 is 5.32 Å². The molecule has 1 spiro atoms. The molecule has 3 aliphatic rings. The van der Waals surface area contributed by atoms with Gasteiger partial charge in [-0.1, -0.05) is 0 Å². The molecule has 2 aliphatic heterocycles. The molecule has 3 rings (SSSR count). The summed E-state index contributed by atoms with van der Waals surface area (Å²) in [6, 6.07) is 0.539. The Bertz CT molecular complexity index is 316. The van der Waals surface area contributed by atoms with E-state index >= 15 is 0 Å². The molecule has 0 radical (unpaired) electrons. The van der Waals surface area contributed by atoms with Gasteiger partial charge in [0.2, 0.25) is 0 Å². The van der Waals surface area contributed by atoms with E-state index in [0.717, 1.165) is 45.5 Å². The average molecular weight is 283 g/mol. The van der Waals surface area contributed by atoms with Crippen LogP contribution in [0.2, 0.25) is 0 Å². The van der Waals surface area contributed by atoms with Gasteiger partial charge in [-0.05, 0) is 51.5 Å². The summed E-state index contributed by atoms with van der Waals surface area (Å²) in [6.07, 6.45) is 8.26. The van der Waals surface area contributed by atoms with Gasteiger partial charge in [0.1, 0.15) is 0 Å². The topological polar surface area (TPSA) is 39.7 Å². The summed E-state index contributed by atoms with van der Waals surface area (Å²) in [5.74, 6) is 0.683. The number of nitrogens with one attached hydrogen (secondary N) is 1. The molecule has 3 unspecified atom stereocenters. The maximum Gasteiger partial charge on any atom is 0.0939 e. The maximum absolute atomic E-state index is 6.06. The van der Waals surface area contributed by atoms with Gasteiger partial charge in [0.15, 0.2) is 0 Å². The molecule has 0 bridgehead atoms. The molecule has 0 aromatic rings. The van der Waals surface area contributed by atoms with Crippen LogP contribution >= 0.6 is 0 Å². The van der Waals surface area contributed by atoms with E-state index in [1.807, 2.05) is 7.11 Å². The molecule has 0 aromatic carbocycles. The molecule has 3 atom stereocenters. The Morgan fingerprint density at radius 1 is 1.30 bits per heavy atom. The highest BCUT2D eigenvalue weighted by Gasteiger charge is 2.45. The van der Waals surface area contributed by atoms with Crippen LogP contribution in [0.15, 0.2) is 0 Å². The molecule has 2 heterocycles. The van der Waals surface area contributed by atoms with Crippen LogP contribution in [0.3, 0.4) is 0 Å². The van der Waals surface area contributed by atoms with E-state index in [-0.39, 0.29) is 11.2 Å². The lowest BCUT2D eigenvalue weighted by Gasteiger charge is -2.46. The number of hydrogen-bond donors (Lipinski definition) is 1. The Kier molecular flexibility index (Phi) is 4.37. The van der Waals surface area contributed by atoms with Crippen molar-refractivity contribution in [1.29, 1.82) is 0 Å². The van der Waals surface area contributed by atoms with Gasteiger partial charge in [-0.3, -0.25) is 0 Å². The highest BCUT2D eigenvalue weighted by atomic mass is 16.6. The molecule has 3 fully saturated rings. The van der Waals surface area contributed by atoms with Crippen LogP contribution in [-0.2, 0) is 14.2 Å². The van der Waals surface area contributed by atoms with Crippen molar-refractivity contribution in [3.63, 3.8) is 0 Å². The first kappa shape index (κ1) is 14.8. The van der Waals surface area contributed by atoms with E-state index in [2.05, 4.69) is 12.4 Å². The minimum Gasteiger partial charge on any atom is -0.378 e. The average Bonchev–Trinajstić information content (AvgIpc) is 2.86. The Morgan fingerprint density at radius 2 is 2.15 bits per heavy atom. The molecule has 116 valence electrons. The molecular formula is C16H29NO3. The maximum atomic E-state index is 6.06. The van der Waals surface area contributed by atoms with Crippen molar-refractivity contribution in [2.75, 3.05) is 34.0 Å². The lowest BCUT2D eigenvalue weighted by atomic mass is 9.71. The second-order valence-electron chi connectivity index (χ2n) is 6.93. The quantitative estimate of drug-likeness (QED) is 0.839. The Hall–Kier alpha value is -0.160. The smallest absolute Gasteiger partial charge is 0.0939 e. The monoisotopic (exact) mass is 283 g/mol. The predicted molar refractivity (Wildman–Crippen MR) is 77.9 cm³/mol. The van der Waals surface area contributed by atoms with Crippen LogP contribution in [0, 0.1) is 5.92 Å². The van der Waals surface area contributed by atoms with Gasteiger partial charge in [-0.2, -0.15) is 0 Å². The Labute approximate surface area is 122 Å². The minimum atomic E-state index is 0.0118. The summed E-state index contributed by atoms with van der Waals surface area (Å²) in [5.41, 5.74) is 0.156. The molecule has 1 N–H and O–H groups in total. The van der Waals surface area contributed by atoms with Crippen molar-refractivity contribution < 1.29 is 14.2 Å². The van der Waals surface area contributed by atoms with Gasteiger partial charge in [0.25, 0.3) is 0 Å². The van der Waals surface area contributed by atoms with Gasteiger partial charge >= 0.3 is 0 Å². The SMILES string of the molecule is CNC(CC1(OC)CCC1)C1CCOC2(CCOC2)C1. The molecule has 4 heteroatoms. The van der Waals surface area contributed by atoms with E-state index in [9.17, 15) is 0 Å². The van der Waals surface area contributed by atoms with Gasteiger partial charge in [0.05, 0.1) is 17.8 Å². The molecule has 20 heavy (non-hydrogen) atoms. The van der Waals surface area contributed by atoms with Crippen molar-refractivity contribution in [2.45, 2.75) is 62.2 Å². The van der Waals surface area contributed by atoms with E-state index in [4.69, 9.17) is 14.2 Å². The Balaban J connectivity index is 1.63. The van der Waals surface area contributed by atoms with Crippen LogP contribution in [0.1, 0.15) is 44.9 Å². The molecule has 1 saturated carbocycles. The molecule has 0 amide bonds. The van der Waals surface area contributed by atoms with Crippen molar-refractivity contribution >= 4 is 0 Å². The molecule has 2 saturated heterocycles. The highest BCUT2D eigenvalue weighted by Crippen LogP contribution is 2.43. The lowest BCUT2D eigenvalue weighted by Crippen LogP contribution is -2.51. The summed E-state index contributed by atoms with van der Waals surface area (Å²) in [6.45, 7) is 2.53. The third kappa shape index (κ3) is 2.76. The number of ether oxygens (including phenoxy) is 3. The van der Waals surface area contributed by atoms with Gasteiger partial charge in [-0.15, -0.1) is 0 Å². The molecule has 0 aromatic heterocycles. The van der Waals surface area contributed by atoms with Crippen LogP contribution in [0.5, 0.6) is 0 Å². The molecular weight excluding hydrogens is 254 g/mol. The summed E-state index contributed by atoms with van der Waals surface area (Å²) in [5, 5.41) is 3.56. The van der Waals surface area contributed by atoms with Crippen molar-refractivity contribution in [2.24, 2.45) is 5.92 Å². The van der Waals surface area contributed by atoms with Gasteiger partial charge in [0, 0.05) is 32.8 Å². The fourth-order valence-corrected chi connectivity index (χ4v) is 4.24. The third-order valence-electron chi connectivity index (χ3n) is 5.83. The lowest BCUT2D eigenvalue weighted by molar-refractivity contribution is -0.118. The third-order valence-corrected chi connectivity index (χ3v) is 5.83. The second kappa shape index (κ2) is 5.91. The minimum absolute atomic E-state index is 0.0118. The predicted octanol–water partition coefficient (Wildman–Crippen LogP) is 2.12. The summed E-state index contributed by atoms with van der Waals surface area (Å²) in [4.78, 5) is 0. The van der Waals surface area contributed by atoms with Crippen molar-refractivity contribution in [3.05, 3.63) is 0 Å². The zero-order chi connectivity index (χ0) is 14.1. The molecule has 4 nitrogen and oxygen atoms in total. The van der Waals surface area contributed by atoms with Gasteiger partial charge < -0.3 is 19.5 Å². The second-order valence-corrected chi connectivity index (χ2v) is 6.93. The largest absolute Gasteiger partial charge is 0.378 e. The molecule has 1 aliphatic carbocycles. The number of rotatable bonds is 5. The first-order chi connectivity index (χ1) is 9.71. The summed E-state index contributed by atoms with van der Waals surface area (Å²) >= 11 is 0. The van der Waals surface area contributed by atoms with E-state index < -0.39 is 0 Å². The number of hydrogen-bond acceptors (Lipinski definition) is 4.